The summed E-state index contributed by atoms with van der Waals surface area (Å²) in [5.74, 6) is 0.175. The minimum absolute atomic E-state index is 0.0664. The molecule has 2 atom stereocenters. The number of rotatable bonds is 6. The zero-order chi connectivity index (χ0) is 17.4. The van der Waals surface area contributed by atoms with Crippen molar-refractivity contribution in [3.63, 3.8) is 0 Å². The molecule has 1 saturated carbocycles. The lowest BCUT2D eigenvalue weighted by molar-refractivity contribution is -0.0442. The van der Waals surface area contributed by atoms with E-state index in [1.165, 1.54) is 0 Å². The van der Waals surface area contributed by atoms with Crippen molar-refractivity contribution in [2.45, 2.75) is 49.8 Å². The smallest absolute Gasteiger partial charge is 0.205 e. The summed E-state index contributed by atoms with van der Waals surface area (Å²) in [6.45, 7) is 1.91. The Balaban J connectivity index is 2.78. The molecule has 0 amide bonds. The van der Waals surface area contributed by atoms with Crippen molar-refractivity contribution in [3.05, 3.63) is 0 Å². The minimum atomic E-state index is -6.40. The predicted molar refractivity (Wildman–Crippen MR) is 67.7 cm³/mol. The Bertz CT molecular complexity index is 599. The first kappa shape index (κ1) is 19.6. The molecule has 132 valence electrons. The van der Waals surface area contributed by atoms with Crippen molar-refractivity contribution in [2.75, 3.05) is 0 Å². The molecule has 12 heteroatoms. The van der Waals surface area contributed by atoms with E-state index in [-0.39, 0.29) is 16.5 Å². The van der Waals surface area contributed by atoms with Gasteiger partial charge in [-0.05, 0) is 24.7 Å². The van der Waals surface area contributed by atoms with E-state index >= 15 is 0 Å². The van der Waals surface area contributed by atoms with Gasteiger partial charge in [-0.25, -0.2) is 16.8 Å². The lowest BCUT2D eigenvalue weighted by atomic mass is 10.0. The molecule has 0 heterocycles. The number of nitrogens with one attached hydrogen (secondary N) is 1. The number of sulfonamides is 2. The van der Waals surface area contributed by atoms with Gasteiger partial charge in [0.15, 0.2) is 0 Å². The molecular formula is C10H16F5NO4S2. The van der Waals surface area contributed by atoms with Gasteiger partial charge in [0.25, 0.3) is 10.0 Å². The van der Waals surface area contributed by atoms with Crippen LogP contribution < -0.4 is 4.13 Å². The molecule has 1 rings (SSSR count). The highest BCUT2D eigenvalue weighted by atomic mass is 32.3. The molecule has 0 saturated heterocycles. The lowest BCUT2D eigenvalue weighted by Gasteiger charge is -2.19. The largest absolute Gasteiger partial charge is 0.512 e. The van der Waals surface area contributed by atoms with Crippen LogP contribution >= 0.6 is 0 Å². The van der Waals surface area contributed by atoms with Gasteiger partial charge in [-0.15, -0.1) is 0 Å². The van der Waals surface area contributed by atoms with Crippen molar-refractivity contribution in [1.82, 2.24) is 4.13 Å². The summed E-state index contributed by atoms with van der Waals surface area (Å²) in [7, 11) is -12.4. The van der Waals surface area contributed by atoms with Crippen LogP contribution in [-0.4, -0.2) is 27.6 Å². The molecule has 0 spiro atoms. The fourth-order valence-corrected chi connectivity index (χ4v) is 4.75. The molecule has 1 aliphatic carbocycles. The Morgan fingerprint density at radius 3 is 1.95 bits per heavy atom. The van der Waals surface area contributed by atoms with Crippen LogP contribution in [0.4, 0.5) is 22.0 Å². The molecule has 22 heavy (non-hydrogen) atoms. The first-order chi connectivity index (χ1) is 9.68. The van der Waals surface area contributed by atoms with Crippen molar-refractivity contribution >= 4 is 20.0 Å². The molecule has 1 N–H and O–H groups in total. The van der Waals surface area contributed by atoms with Gasteiger partial charge in [0.1, 0.15) is 0 Å². The van der Waals surface area contributed by atoms with E-state index < -0.39 is 37.2 Å². The topological polar surface area (TPSA) is 80.3 Å². The highest BCUT2D eigenvalue weighted by molar-refractivity contribution is 8.05. The molecule has 0 aliphatic heterocycles. The van der Waals surface area contributed by atoms with E-state index in [0.717, 1.165) is 6.42 Å². The van der Waals surface area contributed by atoms with Crippen molar-refractivity contribution in [1.29, 1.82) is 0 Å². The van der Waals surface area contributed by atoms with Gasteiger partial charge in [0.05, 0.1) is 0 Å². The summed E-state index contributed by atoms with van der Waals surface area (Å²) >= 11 is 0. The molecule has 0 radical (unpaired) electrons. The summed E-state index contributed by atoms with van der Waals surface area (Å²) in [4.78, 5) is 0. The van der Waals surface area contributed by atoms with Gasteiger partial charge < -0.3 is 0 Å². The third kappa shape index (κ3) is 4.51. The van der Waals surface area contributed by atoms with Crippen molar-refractivity contribution in [3.8, 4) is 0 Å². The molecule has 0 aromatic rings. The van der Waals surface area contributed by atoms with E-state index in [9.17, 15) is 38.8 Å². The molecule has 0 bridgehead atoms. The Morgan fingerprint density at radius 2 is 1.55 bits per heavy atom. The fourth-order valence-electron chi connectivity index (χ4n) is 2.35. The molecule has 1 aliphatic rings. The maximum atomic E-state index is 13.6. The number of hydrogen-bond donors (Lipinski definition) is 1. The van der Waals surface area contributed by atoms with Crippen LogP contribution in [0.15, 0.2) is 0 Å². The summed E-state index contributed by atoms with van der Waals surface area (Å²) in [5.41, 5.74) is -5.99. The highest BCUT2D eigenvalue weighted by Gasteiger charge is 2.54. The zero-order valence-electron chi connectivity index (χ0n) is 11.5. The van der Waals surface area contributed by atoms with Crippen LogP contribution in [-0.2, 0) is 20.0 Å². The van der Waals surface area contributed by atoms with Crippen LogP contribution in [0.5, 0.6) is 0 Å². The second-order valence-electron chi connectivity index (χ2n) is 5.50. The van der Waals surface area contributed by atoms with Gasteiger partial charge in [-0.1, -0.05) is 23.9 Å². The lowest BCUT2D eigenvalue weighted by Crippen LogP contribution is -2.47. The summed E-state index contributed by atoms with van der Waals surface area (Å²) in [6.07, 6.45) is 0.636. The van der Waals surface area contributed by atoms with E-state index in [1.54, 1.807) is 0 Å². The van der Waals surface area contributed by atoms with E-state index in [1.807, 2.05) is 6.92 Å². The molecule has 1 fully saturated rings. The predicted octanol–water partition coefficient (Wildman–Crippen LogP) is 2.56. The molecule has 2 unspecified atom stereocenters. The van der Waals surface area contributed by atoms with Crippen LogP contribution in [0.1, 0.15) is 39.0 Å². The number of hydrogen-bond acceptors (Lipinski definition) is 4. The zero-order valence-corrected chi connectivity index (χ0v) is 13.2. The standard InChI is InChI=1S/C10H16F5NO4S2/c1-7-2-3-8(6-7)4-5-9(11,12)21(17,18)16-22(19,20)10(13,14)15/h7-8,16H,2-6H2,1H3. The molecule has 0 aromatic carbocycles. The minimum Gasteiger partial charge on any atom is -0.205 e. The van der Waals surface area contributed by atoms with Gasteiger partial charge in [0, 0.05) is 6.42 Å². The first-order valence-corrected chi connectivity index (χ1v) is 9.37. The number of halogens is 5. The second-order valence-corrected chi connectivity index (χ2v) is 9.24. The average Bonchev–Trinajstić information content (AvgIpc) is 2.69. The fraction of sp³-hybridized carbons (Fsp3) is 1.00. The van der Waals surface area contributed by atoms with Crippen LogP contribution in [0.25, 0.3) is 0 Å². The van der Waals surface area contributed by atoms with Gasteiger partial charge in [-0.2, -0.15) is 22.0 Å². The Kier molecular flexibility index (Phi) is 5.50. The van der Waals surface area contributed by atoms with Gasteiger partial charge in [0.2, 0.25) is 0 Å². The Morgan fingerprint density at radius 1 is 1.00 bits per heavy atom. The summed E-state index contributed by atoms with van der Waals surface area (Å²) < 4.78 is 107. The molecule has 5 nitrogen and oxygen atoms in total. The monoisotopic (exact) mass is 373 g/mol. The Labute approximate surface area is 125 Å². The first-order valence-electron chi connectivity index (χ1n) is 6.40. The third-order valence-electron chi connectivity index (χ3n) is 3.56. The molecule has 0 aromatic heterocycles. The number of alkyl halides is 5. The molecular weight excluding hydrogens is 357 g/mol. The summed E-state index contributed by atoms with van der Waals surface area (Å²) in [6, 6.07) is 0. The average molecular weight is 373 g/mol. The Hall–Kier alpha value is -0.490. The second kappa shape index (κ2) is 6.19. The van der Waals surface area contributed by atoms with E-state index in [4.69, 9.17) is 0 Å². The summed E-state index contributed by atoms with van der Waals surface area (Å²) in [5, 5.41) is -4.60. The third-order valence-corrected chi connectivity index (χ3v) is 6.92. The van der Waals surface area contributed by atoms with Crippen LogP contribution in [0, 0.1) is 11.8 Å². The van der Waals surface area contributed by atoms with E-state index in [2.05, 4.69) is 0 Å². The maximum absolute atomic E-state index is 13.6. The van der Waals surface area contributed by atoms with Crippen molar-refractivity contribution < 1.29 is 38.8 Å². The van der Waals surface area contributed by atoms with Crippen LogP contribution in [0.2, 0.25) is 0 Å². The SMILES string of the molecule is CC1CCC(CCC(F)(F)S(=O)(=O)NS(=O)(=O)C(F)(F)F)C1. The maximum Gasteiger partial charge on any atom is 0.512 e. The normalized spacial score (nSPS) is 24.6. The van der Waals surface area contributed by atoms with Gasteiger partial charge >= 0.3 is 20.8 Å². The van der Waals surface area contributed by atoms with Crippen LogP contribution in [0.3, 0.4) is 0 Å². The van der Waals surface area contributed by atoms with E-state index in [0.29, 0.717) is 18.8 Å². The highest BCUT2D eigenvalue weighted by Crippen LogP contribution is 2.37. The quantitative estimate of drug-likeness (QED) is 0.726. The van der Waals surface area contributed by atoms with Crippen molar-refractivity contribution in [2.24, 2.45) is 11.8 Å². The van der Waals surface area contributed by atoms with Gasteiger partial charge in [-0.3, -0.25) is 0 Å².